The van der Waals surface area contributed by atoms with Gasteiger partial charge in [-0.1, -0.05) is 12.1 Å². The van der Waals surface area contributed by atoms with Crippen molar-refractivity contribution in [1.82, 2.24) is 9.97 Å². The molecule has 0 amide bonds. The number of nitrogens with one attached hydrogen (secondary N) is 1. The molecule has 2 aliphatic rings. The van der Waals surface area contributed by atoms with Gasteiger partial charge in [-0.15, -0.1) is 0 Å². The zero-order chi connectivity index (χ0) is 18.8. The number of carbonyl (C=O) groups excluding carboxylic acids is 1. The Morgan fingerprint density at radius 3 is 2.74 bits per heavy atom. The van der Waals surface area contributed by atoms with Crippen LogP contribution in [-0.2, 0) is 4.79 Å². The zero-order valence-corrected chi connectivity index (χ0v) is 14.9. The number of aromatic nitrogens is 2. The number of Topliss-reactive ketones (excluding diaryl/α,β-unsaturated/α-hetero) is 1. The third-order valence-electron chi connectivity index (χ3n) is 5.08. The number of benzene rings is 2. The molecule has 0 fully saturated rings. The molecule has 0 unspecified atom stereocenters. The Morgan fingerprint density at radius 1 is 1.15 bits per heavy atom. The quantitative estimate of drug-likeness (QED) is 0.728. The van der Waals surface area contributed by atoms with Gasteiger partial charge in [-0.2, -0.15) is 0 Å². The number of hydrogen-bond acceptors (Lipinski definition) is 6. The number of ether oxygens (including phenoxy) is 2. The molecule has 3 heterocycles. The molecule has 0 saturated carbocycles. The molecule has 0 atom stereocenters. The summed E-state index contributed by atoms with van der Waals surface area (Å²) in [6, 6.07) is 13.2. The highest BCUT2D eigenvalue weighted by atomic mass is 16.7. The number of H-pyrrole nitrogens is 1. The first-order chi connectivity index (χ1) is 13.0. The Balaban J connectivity index is 1.66. The average Bonchev–Trinajstić information content (AvgIpc) is 3.30. The molecule has 0 saturated heterocycles. The number of nitrogens with zero attached hydrogens (tertiary/aromatic N) is 2. The van der Waals surface area contributed by atoms with Gasteiger partial charge >= 0.3 is 0 Å². The summed E-state index contributed by atoms with van der Waals surface area (Å²) in [5.41, 5.74) is 8.43. The molecule has 0 radical (unpaired) electrons. The molecule has 3 N–H and O–H groups in total. The van der Waals surface area contributed by atoms with Crippen LogP contribution in [0.15, 0.2) is 48.3 Å². The van der Waals surface area contributed by atoms with E-state index >= 15 is 0 Å². The van der Waals surface area contributed by atoms with E-state index in [1.54, 1.807) is 0 Å². The minimum atomic E-state index is -0.855. The van der Waals surface area contributed by atoms with Crippen LogP contribution in [0.1, 0.15) is 19.7 Å². The summed E-state index contributed by atoms with van der Waals surface area (Å²) in [6.45, 7) is 3.89. The topological polar surface area (TPSA) is 93.5 Å². The van der Waals surface area contributed by atoms with Gasteiger partial charge in [0.25, 0.3) is 0 Å². The molecule has 7 heteroatoms. The highest BCUT2D eigenvalue weighted by molar-refractivity contribution is 6.29. The van der Waals surface area contributed by atoms with E-state index < -0.39 is 5.54 Å². The first kappa shape index (κ1) is 15.7. The van der Waals surface area contributed by atoms with Crippen LogP contribution < -0.4 is 20.1 Å². The highest BCUT2D eigenvalue weighted by Crippen LogP contribution is 2.43. The average molecular weight is 362 g/mol. The predicted octanol–water partition coefficient (Wildman–Crippen LogP) is 2.79. The number of hydrogen-bond donors (Lipinski definition) is 2. The van der Waals surface area contributed by atoms with Crippen molar-refractivity contribution >= 4 is 28.1 Å². The number of para-hydroxylation sites is 2. The normalized spacial score (nSPS) is 18.0. The van der Waals surface area contributed by atoms with E-state index in [1.165, 1.54) is 0 Å². The third-order valence-corrected chi connectivity index (χ3v) is 5.08. The molecule has 1 aromatic heterocycles. The summed E-state index contributed by atoms with van der Waals surface area (Å²) < 4.78 is 10.8. The van der Waals surface area contributed by atoms with Crippen LogP contribution in [0.25, 0.3) is 16.6 Å². The van der Waals surface area contributed by atoms with E-state index in [0.717, 1.165) is 16.7 Å². The molecule has 0 bridgehead atoms. The predicted molar refractivity (Wildman–Crippen MR) is 101 cm³/mol. The lowest BCUT2D eigenvalue weighted by Crippen LogP contribution is -2.45. The summed E-state index contributed by atoms with van der Waals surface area (Å²) >= 11 is 0. The molecule has 2 aliphatic heterocycles. The van der Waals surface area contributed by atoms with E-state index in [9.17, 15) is 4.79 Å². The molecule has 136 valence electrons. The monoisotopic (exact) mass is 362 g/mol. The lowest BCUT2D eigenvalue weighted by Gasteiger charge is -2.33. The Kier molecular flexibility index (Phi) is 3.07. The lowest BCUT2D eigenvalue weighted by atomic mass is 9.95. The number of fused-ring (bicyclic) bond motifs is 2. The number of carbonyl (C=O) groups is 1. The van der Waals surface area contributed by atoms with Crippen molar-refractivity contribution in [2.45, 2.75) is 19.4 Å². The molecule has 0 aliphatic carbocycles. The van der Waals surface area contributed by atoms with Crippen LogP contribution >= 0.6 is 0 Å². The fraction of sp³-hybridized carbons (Fsp3) is 0.200. The van der Waals surface area contributed by atoms with Crippen molar-refractivity contribution in [2.75, 3.05) is 11.7 Å². The number of nitrogens with two attached hydrogens (primary N) is 1. The first-order valence-corrected chi connectivity index (χ1v) is 8.66. The van der Waals surface area contributed by atoms with Gasteiger partial charge in [-0.05, 0) is 38.1 Å². The second kappa shape index (κ2) is 5.26. The van der Waals surface area contributed by atoms with Crippen molar-refractivity contribution in [1.29, 1.82) is 0 Å². The standard InChI is InChI=1S/C20H18N4O3/c1-20(2)17(25)16(19-22-12-5-3-4-6-13(12)23-19)18(21)24(20)11-7-8-14-15(9-11)27-10-26-14/h3-9H,10,21H2,1-2H3,(H,22,23). The highest BCUT2D eigenvalue weighted by Gasteiger charge is 2.47. The van der Waals surface area contributed by atoms with E-state index in [4.69, 9.17) is 15.2 Å². The largest absolute Gasteiger partial charge is 0.454 e. The second-order valence-electron chi connectivity index (χ2n) is 7.12. The first-order valence-electron chi connectivity index (χ1n) is 8.66. The Labute approximate surface area is 155 Å². The fourth-order valence-electron chi connectivity index (χ4n) is 3.72. The molecule has 2 aromatic carbocycles. The maximum Gasteiger partial charge on any atom is 0.231 e. The van der Waals surface area contributed by atoms with Crippen LogP contribution in [-0.4, -0.2) is 28.1 Å². The van der Waals surface area contributed by atoms with Gasteiger partial charge in [0.05, 0.1) is 11.0 Å². The van der Waals surface area contributed by atoms with Crippen LogP contribution in [0.2, 0.25) is 0 Å². The van der Waals surface area contributed by atoms with E-state index in [1.807, 2.05) is 61.2 Å². The number of imidazole rings is 1. The summed E-state index contributed by atoms with van der Waals surface area (Å²) in [4.78, 5) is 22.8. The molecule has 27 heavy (non-hydrogen) atoms. The van der Waals surface area contributed by atoms with Crippen molar-refractivity contribution in [2.24, 2.45) is 5.73 Å². The summed E-state index contributed by atoms with van der Waals surface area (Å²) in [7, 11) is 0. The molecule has 0 spiro atoms. The SMILES string of the molecule is CC1(C)C(=O)C(c2nc3ccccc3[nH]2)=C(N)N1c1ccc2c(c1)OCO2. The van der Waals surface area contributed by atoms with Gasteiger partial charge in [-0.3, -0.25) is 4.79 Å². The van der Waals surface area contributed by atoms with Gasteiger partial charge in [-0.25, -0.2) is 4.98 Å². The minimum absolute atomic E-state index is 0.0864. The Bertz CT molecular complexity index is 1100. The lowest BCUT2D eigenvalue weighted by molar-refractivity contribution is -0.116. The minimum Gasteiger partial charge on any atom is -0.454 e. The van der Waals surface area contributed by atoms with Crippen LogP contribution in [0.5, 0.6) is 11.5 Å². The smallest absolute Gasteiger partial charge is 0.231 e. The van der Waals surface area contributed by atoms with Crippen LogP contribution in [0.4, 0.5) is 5.69 Å². The zero-order valence-electron chi connectivity index (χ0n) is 14.9. The van der Waals surface area contributed by atoms with Crippen molar-refractivity contribution in [3.8, 4) is 11.5 Å². The van der Waals surface area contributed by atoms with E-state index in [2.05, 4.69) is 9.97 Å². The van der Waals surface area contributed by atoms with E-state index in [0.29, 0.717) is 28.7 Å². The van der Waals surface area contributed by atoms with Crippen molar-refractivity contribution in [3.05, 3.63) is 54.1 Å². The summed E-state index contributed by atoms with van der Waals surface area (Å²) in [5, 5.41) is 0. The van der Waals surface area contributed by atoms with Gasteiger partial charge < -0.3 is 25.1 Å². The summed E-state index contributed by atoms with van der Waals surface area (Å²) in [6.07, 6.45) is 0. The molecular weight excluding hydrogens is 344 g/mol. The second-order valence-corrected chi connectivity index (χ2v) is 7.12. The molecular formula is C20H18N4O3. The maximum absolute atomic E-state index is 13.2. The van der Waals surface area contributed by atoms with Gasteiger partial charge in [0, 0.05) is 11.8 Å². The number of rotatable bonds is 2. The fourth-order valence-corrected chi connectivity index (χ4v) is 3.72. The van der Waals surface area contributed by atoms with Gasteiger partial charge in [0.2, 0.25) is 6.79 Å². The summed E-state index contributed by atoms with van der Waals surface area (Å²) in [5.74, 6) is 2.08. The molecule has 5 rings (SSSR count). The van der Waals surface area contributed by atoms with E-state index in [-0.39, 0.29) is 12.6 Å². The number of aromatic amines is 1. The number of anilines is 1. The van der Waals surface area contributed by atoms with Crippen LogP contribution in [0.3, 0.4) is 0 Å². The van der Waals surface area contributed by atoms with Crippen molar-refractivity contribution in [3.63, 3.8) is 0 Å². The Morgan fingerprint density at radius 2 is 1.93 bits per heavy atom. The molecule has 7 nitrogen and oxygen atoms in total. The van der Waals surface area contributed by atoms with Gasteiger partial charge in [0.15, 0.2) is 17.3 Å². The molecule has 3 aromatic rings. The Hall–Kier alpha value is -3.48. The van der Waals surface area contributed by atoms with Crippen LogP contribution in [0, 0.1) is 0 Å². The van der Waals surface area contributed by atoms with Gasteiger partial charge in [0.1, 0.15) is 22.8 Å². The third kappa shape index (κ3) is 2.14. The number of ketones is 1. The maximum atomic E-state index is 13.2. The van der Waals surface area contributed by atoms with Crippen molar-refractivity contribution < 1.29 is 14.3 Å².